The number of ether oxygens (including phenoxy) is 2. The van der Waals surface area contributed by atoms with Crippen molar-refractivity contribution in [2.45, 2.75) is 13.8 Å². The summed E-state index contributed by atoms with van der Waals surface area (Å²) >= 11 is 6.09. The summed E-state index contributed by atoms with van der Waals surface area (Å²) in [6.07, 6.45) is 2.02. The van der Waals surface area contributed by atoms with Crippen LogP contribution in [0.2, 0.25) is 5.02 Å². The van der Waals surface area contributed by atoms with E-state index in [2.05, 4.69) is 0 Å². The molecule has 2 rings (SSSR count). The van der Waals surface area contributed by atoms with Gasteiger partial charge in [0.15, 0.2) is 0 Å². The molecule has 0 radical (unpaired) electrons. The molecule has 0 saturated carbocycles. The van der Waals surface area contributed by atoms with Gasteiger partial charge in [-0.15, -0.1) is 0 Å². The Bertz CT molecular complexity index is 649. The molecule has 4 heteroatoms. The molecular formula is C17H18ClNO2. The Morgan fingerprint density at radius 1 is 1.14 bits per heavy atom. The monoisotopic (exact) mass is 303 g/mol. The van der Waals surface area contributed by atoms with Crippen molar-refractivity contribution in [1.29, 1.82) is 0 Å². The van der Waals surface area contributed by atoms with E-state index in [0.717, 1.165) is 5.75 Å². The highest BCUT2D eigenvalue weighted by atomic mass is 35.5. The third kappa shape index (κ3) is 4.72. The molecule has 0 heterocycles. The van der Waals surface area contributed by atoms with Crippen molar-refractivity contribution >= 4 is 17.3 Å². The standard InChI is InChI=1S/C17H18ClNO2/c1-12(2)8-9-20-14-4-3-5-15(11-14)21-17-7-6-13(19)10-16(17)18/h3-8,10-11H,9,19H2,1-2H3. The van der Waals surface area contributed by atoms with Crippen LogP contribution in [0.3, 0.4) is 0 Å². The van der Waals surface area contributed by atoms with Crippen LogP contribution >= 0.6 is 11.6 Å². The van der Waals surface area contributed by atoms with Crippen LogP contribution in [0.5, 0.6) is 17.2 Å². The lowest BCUT2D eigenvalue weighted by molar-refractivity contribution is 0.359. The summed E-state index contributed by atoms with van der Waals surface area (Å²) in [5, 5.41) is 0.478. The molecule has 3 nitrogen and oxygen atoms in total. The van der Waals surface area contributed by atoms with E-state index >= 15 is 0 Å². The molecule has 2 aromatic carbocycles. The van der Waals surface area contributed by atoms with Crippen LogP contribution in [-0.4, -0.2) is 6.61 Å². The van der Waals surface area contributed by atoms with Crippen LogP contribution in [-0.2, 0) is 0 Å². The summed E-state index contributed by atoms with van der Waals surface area (Å²) in [4.78, 5) is 0. The summed E-state index contributed by atoms with van der Waals surface area (Å²) in [7, 11) is 0. The van der Waals surface area contributed by atoms with Crippen molar-refractivity contribution in [3.8, 4) is 17.2 Å². The maximum Gasteiger partial charge on any atom is 0.146 e. The Morgan fingerprint density at radius 2 is 1.90 bits per heavy atom. The van der Waals surface area contributed by atoms with Crippen LogP contribution in [0.4, 0.5) is 5.69 Å². The van der Waals surface area contributed by atoms with Gasteiger partial charge in [-0.05, 0) is 50.3 Å². The van der Waals surface area contributed by atoms with Gasteiger partial charge in [-0.1, -0.05) is 23.2 Å². The van der Waals surface area contributed by atoms with Gasteiger partial charge in [-0.3, -0.25) is 0 Å². The van der Waals surface area contributed by atoms with E-state index in [1.807, 2.05) is 44.2 Å². The fourth-order valence-corrected chi connectivity index (χ4v) is 1.89. The van der Waals surface area contributed by atoms with Crippen molar-refractivity contribution in [2.24, 2.45) is 0 Å². The smallest absolute Gasteiger partial charge is 0.146 e. The van der Waals surface area contributed by atoms with Gasteiger partial charge in [0.1, 0.15) is 23.9 Å². The number of allylic oxidation sites excluding steroid dienone is 1. The third-order valence-corrected chi connectivity index (χ3v) is 3.03. The number of benzene rings is 2. The largest absolute Gasteiger partial charge is 0.489 e. The van der Waals surface area contributed by atoms with Crippen LogP contribution in [0.15, 0.2) is 54.1 Å². The van der Waals surface area contributed by atoms with Crippen LogP contribution in [0.25, 0.3) is 0 Å². The quantitative estimate of drug-likeness (QED) is 0.620. The molecule has 2 N–H and O–H groups in total. The lowest BCUT2D eigenvalue weighted by Crippen LogP contribution is -1.94. The molecule has 0 fully saturated rings. The van der Waals surface area contributed by atoms with Crippen molar-refractivity contribution in [1.82, 2.24) is 0 Å². The number of halogens is 1. The number of anilines is 1. The summed E-state index contributed by atoms with van der Waals surface area (Å²) in [6, 6.07) is 12.6. The molecule has 0 unspecified atom stereocenters. The summed E-state index contributed by atoms with van der Waals surface area (Å²) in [5.41, 5.74) is 7.48. The second kappa shape index (κ2) is 7.04. The molecule has 0 amide bonds. The molecular weight excluding hydrogens is 286 g/mol. The lowest BCUT2D eigenvalue weighted by Gasteiger charge is -2.10. The predicted octanol–water partition coefficient (Wildman–Crippen LogP) is 5.06. The van der Waals surface area contributed by atoms with Gasteiger partial charge in [0.25, 0.3) is 0 Å². The molecule has 0 aromatic heterocycles. The Balaban J connectivity index is 2.08. The average molecular weight is 304 g/mol. The first-order valence-electron chi connectivity index (χ1n) is 6.64. The zero-order valence-corrected chi connectivity index (χ0v) is 12.9. The predicted molar refractivity (Wildman–Crippen MR) is 87.3 cm³/mol. The second-order valence-corrected chi connectivity index (χ2v) is 5.27. The molecule has 0 aliphatic heterocycles. The topological polar surface area (TPSA) is 44.5 Å². The van der Waals surface area contributed by atoms with E-state index in [1.165, 1.54) is 5.57 Å². The molecule has 110 valence electrons. The maximum absolute atomic E-state index is 6.09. The Hall–Kier alpha value is -2.13. The van der Waals surface area contributed by atoms with Crippen LogP contribution in [0, 0.1) is 0 Å². The van der Waals surface area contributed by atoms with E-state index in [4.69, 9.17) is 26.8 Å². The fourth-order valence-electron chi connectivity index (χ4n) is 1.66. The van der Waals surface area contributed by atoms with E-state index in [9.17, 15) is 0 Å². The van der Waals surface area contributed by atoms with Crippen LogP contribution < -0.4 is 15.2 Å². The van der Waals surface area contributed by atoms with Gasteiger partial charge >= 0.3 is 0 Å². The molecule has 0 aliphatic rings. The molecule has 0 bridgehead atoms. The van der Waals surface area contributed by atoms with E-state index in [-0.39, 0.29) is 0 Å². The van der Waals surface area contributed by atoms with Gasteiger partial charge in [-0.25, -0.2) is 0 Å². The number of hydrogen-bond acceptors (Lipinski definition) is 3. The summed E-state index contributed by atoms with van der Waals surface area (Å²) in [6.45, 7) is 4.60. The summed E-state index contributed by atoms with van der Waals surface area (Å²) in [5.74, 6) is 1.97. The third-order valence-electron chi connectivity index (χ3n) is 2.73. The highest BCUT2D eigenvalue weighted by Gasteiger charge is 2.04. The van der Waals surface area contributed by atoms with Crippen molar-refractivity contribution < 1.29 is 9.47 Å². The van der Waals surface area contributed by atoms with Crippen molar-refractivity contribution in [3.63, 3.8) is 0 Å². The minimum absolute atomic E-state index is 0.478. The Morgan fingerprint density at radius 3 is 2.62 bits per heavy atom. The van der Waals surface area contributed by atoms with Crippen molar-refractivity contribution in [2.75, 3.05) is 12.3 Å². The van der Waals surface area contributed by atoms with E-state index < -0.39 is 0 Å². The first kappa shape index (κ1) is 15.3. The average Bonchev–Trinajstić information content (AvgIpc) is 2.42. The zero-order chi connectivity index (χ0) is 15.2. The number of nitrogen functional groups attached to an aromatic ring is 1. The van der Waals surface area contributed by atoms with Crippen LogP contribution in [0.1, 0.15) is 13.8 Å². The Labute approximate surface area is 129 Å². The normalized spacial score (nSPS) is 10.0. The number of nitrogens with two attached hydrogens (primary N) is 1. The highest BCUT2D eigenvalue weighted by Crippen LogP contribution is 2.32. The Kier molecular flexibility index (Phi) is 5.12. The maximum atomic E-state index is 6.09. The number of rotatable bonds is 5. The molecule has 2 aromatic rings. The first-order chi connectivity index (χ1) is 10.0. The minimum atomic E-state index is 0.478. The van der Waals surface area contributed by atoms with Gasteiger partial charge in [0.2, 0.25) is 0 Å². The molecule has 0 saturated heterocycles. The molecule has 21 heavy (non-hydrogen) atoms. The molecule has 0 spiro atoms. The molecule has 0 aliphatic carbocycles. The fraction of sp³-hybridized carbons (Fsp3) is 0.176. The number of hydrogen-bond donors (Lipinski definition) is 1. The zero-order valence-electron chi connectivity index (χ0n) is 12.1. The lowest BCUT2D eigenvalue weighted by atomic mass is 10.3. The van der Waals surface area contributed by atoms with Crippen molar-refractivity contribution in [3.05, 3.63) is 59.1 Å². The second-order valence-electron chi connectivity index (χ2n) is 4.86. The highest BCUT2D eigenvalue weighted by molar-refractivity contribution is 6.32. The van der Waals surface area contributed by atoms with E-state index in [0.29, 0.717) is 28.8 Å². The molecule has 0 atom stereocenters. The summed E-state index contributed by atoms with van der Waals surface area (Å²) < 4.78 is 11.4. The van der Waals surface area contributed by atoms with Gasteiger partial charge in [-0.2, -0.15) is 0 Å². The first-order valence-corrected chi connectivity index (χ1v) is 7.01. The van der Waals surface area contributed by atoms with Gasteiger partial charge < -0.3 is 15.2 Å². The SMILES string of the molecule is CC(C)=CCOc1cccc(Oc2ccc(N)cc2Cl)c1. The van der Waals surface area contributed by atoms with E-state index in [1.54, 1.807) is 18.2 Å². The van der Waals surface area contributed by atoms with Gasteiger partial charge in [0, 0.05) is 11.8 Å². The van der Waals surface area contributed by atoms with Gasteiger partial charge in [0.05, 0.1) is 5.02 Å². The minimum Gasteiger partial charge on any atom is -0.489 e.